The molecular formula is C26H25N5O3. The van der Waals surface area contributed by atoms with Crippen molar-refractivity contribution in [2.24, 2.45) is 0 Å². The number of rotatable bonds is 5. The van der Waals surface area contributed by atoms with Gasteiger partial charge in [0, 0.05) is 44.1 Å². The zero-order valence-corrected chi connectivity index (χ0v) is 18.6. The van der Waals surface area contributed by atoms with Gasteiger partial charge in [0.05, 0.1) is 6.67 Å². The standard InChI is InChI=1S/C26H25N5O3/c32-23(20-11-13-27-14-12-20)30-17-15-29(16-18-30)19-31-24(33)26(28-25(31)34,21-7-3-1-4-8-21)22-9-5-2-6-10-22/h1-14H,15-19H2,(H,28,34). The second kappa shape index (κ2) is 9.07. The lowest BCUT2D eigenvalue weighted by molar-refractivity contribution is -0.132. The van der Waals surface area contributed by atoms with Crippen LogP contribution in [0.2, 0.25) is 0 Å². The normalized spacial score (nSPS) is 18.1. The van der Waals surface area contributed by atoms with Gasteiger partial charge in [-0.1, -0.05) is 60.7 Å². The van der Waals surface area contributed by atoms with Gasteiger partial charge in [0.2, 0.25) is 0 Å². The molecule has 0 radical (unpaired) electrons. The molecule has 0 atom stereocenters. The van der Waals surface area contributed by atoms with E-state index < -0.39 is 11.6 Å². The zero-order chi connectivity index (χ0) is 23.5. The zero-order valence-electron chi connectivity index (χ0n) is 18.6. The lowest BCUT2D eigenvalue weighted by Crippen LogP contribution is -2.53. The molecule has 2 saturated heterocycles. The number of amides is 4. The number of pyridine rings is 1. The highest BCUT2D eigenvalue weighted by Crippen LogP contribution is 2.36. The van der Waals surface area contributed by atoms with Crippen molar-refractivity contribution in [3.05, 3.63) is 102 Å². The van der Waals surface area contributed by atoms with Crippen molar-refractivity contribution < 1.29 is 14.4 Å². The molecule has 0 bridgehead atoms. The van der Waals surface area contributed by atoms with Gasteiger partial charge in [0.25, 0.3) is 11.8 Å². The Kier molecular flexibility index (Phi) is 5.81. The summed E-state index contributed by atoms with van der Waals surface area (Å²) in [4.78, 5) is 48.6. The van der Waals surface area contributed by atoms with Crippen molar-refractivity contribution in [3.63, 3.8) is 0 Å². The van der Waals surface area contributed by atoms with E-state index in [1.165, 1.54) is 4.90 Å². The number of carbonyl (C=O) groups is 3. The fourth-order valence-electron chi connectivity index (χ4n) is 4.61. The van der Waals surface area contributed by atoms with Gasteiger partial charge in [-0.15, -0.1) is 0 Å². The molecule has 34 heavy (non-hydrogen) atoms. The average molecular weight is 456 g/mol. The number of piperazine rings is 1. The van der Waals surface area contributed by atoms with Gasteiger partial charge in [0.1, 0.15) is 0 Å². The number of benzene rings is 2. The number of hydrogen-bond acceptors (Lipinski definition) is 5. The fourth-order valence-corrected chi connectivity index (χ4v) is 4.61. The van der Waals surface area contributed by atoms with E-state index in [2.05, 4.69) is 10.3 Å². The quantitative estimate of drug-likeness (QED) is 0.597. The van der Waals surface area contributed by atoms with Crippen molar-refractivity contribution in [3.8, 4) is 0 Å². The van der Waals surface area contributed by atoms with Gasteiger partial charge >= 0.3 is 6.03 Å². The highest BCUT2D eigenvalue weighted by molar-refractivity contribution is 6.09. The minimum absolute atomic E-state index is 0.0378. The maximum atomic E-state index is 13.8. The SMILES string of the molecule is O=C(c1ccncc1)N1CCN(CN2C(=O)NC(c3ccccc3)(c3ccccc3)C2=O)CC1. The van der Waals surface area contributed by atoms with Gasteiger partial charge in [0.15, 0.2) is 5.54 Å². The second-order valence-electron chi connectivity index (χ2n) is 8.43. The molecule has 2 aliphatic rings. The second-order valence-corrected chi connectivity index (χ2v) is 8.43. The number of imide groups is 1. The van der Waals surface area contributed by atoms with E-state index in [9.17, 15) is 14.4 Å². The van der Waals surface area contributed by atoms with Crippen LogP contribution in [0.15, 0.2) is 85.2 Å². The van der Waals surface area contributed by atoms with Gasteiger partial charge in [-0.25, -0.2) is 9.69 Å². The first-order chi connectivity index (χ1) is 16.6. The summed E-state index contributed by atoms with van der Waals surface area (Å²) in [5.41, 5.74) is 0.774. The molecule has 4 amide bonds. The first-order valence-electron chi connectivity index (χ1n) is 11.3. The summed E-state index contributed by atoms with van der Waals surface area (Å²) in [6, 6.07) is 21.6. The Labute approximate surface area is 197 Å². The molecule has 1 aromatic heterocycles. The number of carbonyl (C=O) groups excluding carboxylic acids is 3. The number of urea groups is 1. The van der Waals surface area contributed by atoms with Crippen LogP contribution in [0.5, 0.6) is 0 Å². The summed E-state index contributed by atoms with van der Waals surface area (Å²) in [5, 5.41) is 2.98. The molecule has 0 aliphatic carbocycles. The predicted octanol–water partition coefficient (Wildman–Crippen LogP) is 2.29. The van der Waals surface area contributed by atoms with Gasteiger partial charge in [-0.05, 0) is 23.3 Å². The van der Waals surface area contributed by atoms with Crippen LogP contribution in [0.25, 0.3) is 0 Å². The van der Waals surface area contributed by atoms with Crippen LogP contribution in [0.3, 0.4) is 0 Å². The molecule has 0 saturated carbocycles. The van der Waals surface area contributed by atoms with Crippen LogP contribution in [0.4, 0.5) is 4.79 Å². The molecule has 2 aromatic carbocycles. The van der Waals surface area contributed by atoms with Gasteiger partial charge in [-0.2, -0.15) is 0 Å². The highest BCUT2D eigenvalue weighted by atomic mass is 16.2. The predicted molar refractivity (Wildman–Crippen MR) is 126 cm³/mol. The average Bonchev–Trinajstić information content (AvgIpc) is 3.16. The summed E-state index contributed by atoms with van der Waals surface area (Å²) in [6.07, 6.45) is 3.21. The molecule has 8 heteroatoms. The van der Waals surface area contributed by atoms with Crippen molar-refractivity contribution in [2.45, 2.75) is 5.54 Å². The summed E-state index contributed by atoms with van der Waals surface area (Å²) >= 11 is 0. The molecule has 3 heterocycles. The number of nitrogens with zero attached hydrogens (tertiary/aromatic N) is 4. The van der Waals surface area contributed by atoms with E-state index in [-0.39, 0.29) is 18.5 Å². The maximum Gasteiger partial charge on any atom is 0.326 e. The van der Waals surface area contributed by atoms with Crippen LogP contribution in [-0.4, -0.2) is 70.4 Å². The van der Waals surface area contributed by atoms with Crippen molar-refractivity contribution in [1.82, 2.24) is 25.0 Å². The smallest absolute Gasteiger partial charge is 0.326 e. The number of hydrogen-bond donors (Lipinski definition) is 1. The minimum Gasteiger partial charge on any atom is -0.336 e. The van der Waals surface area contributed by atoms with Crippen LogP contribution in [-0.2, 0) is 10.3 Å². The number of nitrogens with one attached hydrogen (secondary N) is 1. The Balaban J connectivity index is 1.32. The van der Waals surface area contributed by atoms with E-state index in [1.54, 1.807) is 29.4 Å². The largest absolute Gasteiger partial charge is 0.336 e. The monoisotopic (exact) mass is 455 g/mol. The van der Waals surface area contributed by atoms with Crippen LogP contribution >= 0.6 is 0 Å². The van der Waals surface area contributed by atoms with E-state index in [1.807, 2.05) is 65.6 Å². The lowest BCUT2D eigenvalue weighted by Gasteiger charge is -2.36. The van der Waals surface area contributed by atoms with E-state index in [4.69, 9.17) is 0 Å². The Hall–Kier alpha value is -4.04. The van der Waals surface area contributed by atoms with Crippen LogP contribution in [0, 0.1) is 0 Å². The van der Waals surface area contributed by atoms with E-state index in [0.717, 1.165) is 11.1 Å². The molecule has 0 unspecified atom stereocenters. The first-order valence-corrected chi connectivity index (χ1v) is 11.3. The van der Waals surface area contributed by atoms with Crippen LogP contribution < -0.4 is 5.32 Å². The Bertz CT molecular complexity index is 1140. The van der Waals surface area contributed by atoms with E-state index in [0.29, 0.717) is 31.7 Å². The van der Waals surface area contributed by atoms with Gasteiger partial charge < -0.3 is 10.2 Å². The van der Waals surface area contributed by atoms with Crippen molar-refractivity contribution >= 4 is 17.8 Å². The van der Waals surface area contributed by atoms with Gasteiger partial charge in [-0.3, -0.25) is 19.5 Å². The van der Waals surface area contributed by atoms with Crippen LogP contribution in [0.1, 0.15) is 21.5 Å². The lowest BCUT2D eigenvalue weighted by atomic mass is 9.83. The third kappa shape index (κ3) is 3.82. The molecule has 8 nitrogen and oxygen atoms in total. The van der Waals surface area contributed by atoms with Crippen molar-refractivity contribution in [2.75, 3.05) is 32.8 Å². The maximum absolute atomic E-state index is 13.8. The molecule has 2 fully saturated rings. The highest BCUT2D eigenvalue weighted by Gasteiger charge is 2.54. The number of aromatic nitrogens is 1. The molecule has 2 aliphatic heterocycles. The Morgan fingerprint density at radius 2 is 1.38 bits per heavy atom. The molecule has 1 N–H and O–H groups in total. The third-order valence-electron chi connectivity index (χ3n) is 6.45. The molecule has 3 aromatic rings. The summed E-state index contributed by atoms with van der Waals surface area (Å²) < 4.78 is 0. The molecular weight excluding hydrogens is 430 g/mol. The Morgan fingerprint density at radius 1 is 0.824 bits per heavy atom. The molecule has 5 rings (SSSR count). The minimum atomic E-state index is -1.27. The summed E-state index contributed by atoms with van der Waals surface area (Å²) in [7, 11) is 0. The molecule has 172 valence electrons. The third-order valence-corrected chi connectivity index (χ3v) is 6.45. The topological polar surface area (TPSA) is 85.8 Å². The summed E-state index contributed by atoms with van der Waals surface area (Å²) in [6.45, 7) is 2.35. The molecule has 0 spiro atoms. The Morgan fingerprint density at radius 3 is 1.94 bits per heavy atom. The van der Waals surface area contributed by atoms with E-state index >= 15 is 0 Å². The summed E-state index contributed by atoms with van der Waals surface area (Å²) in [5.74, 6) is -0.339. The first kappa shape index (κ1) is 21.8. The van der Waals surface area contributed by atoms with Crippen molar-refractivity contribution in [1.29, 1.82) is 0 Å². The fraction of sp³-hybridized carbons (Fsp3) is 0.231.